The van der Waals surface area contributed by atoms with E-state index in [9.17, 15) is 14.4 Å². The second kappa shape index (κ2) is 6.76. The fourth-order valence-electron chi connectivity index (χ4n) is 2.65. The standard InChI is InChI=1S/C14H22N6O3/c1-7-5-10(21)16-11(7)13(22)15-8(2)6-20(4)14(23)12-9(3)17-19-18-12/h7-8,11H,5-6H2,1-4H3,(H,15,22)(H,16,21)(H,17,18,19). The van der Waals surface area contributed by atoms with Gasteiger partial charge in [0.1, 0.15) is 6.04 Å². The molecule has 3 N–H and O–H groups in total. The highest BCUT2D eigenvalue weighted by Crippen LogP contribution is 2.15. The van der Waals surface area contributed by atoms with Gasteiger partial charge in [0.25, 0.3) is 5.91 Å². The molecule has 3 unspecified atom stereocenters. The van der Waals surface area contributed by atoms with Crippen molar-refractivity contribution in [2.24, 2.45) is 5.92 Å². The maximum absolute atomic E-state index is 12.2. The number of amides is 3. The first-order valence-corrected chi connectivity index (χ1v) is 7.52. The van der Waals surface area contributed by atoms with Crippen molar-refractivity contribution < 1.29 is 14.4 Å². The van der Waals surface area contributed by atoms with E-state index in [-0.39, 0.29) is 35.4 Å². The zero-order chi connectivity index (χ0) is 17.1. The van der Waals surface area contributed by atoms with E-state index < -0.39 is 6.04 Å². The zero-order valence-electron chi connectivity index (χ0n) is 13.7. The lowest BCUT2D eigenvalue weighted by Crippen LogP contribution is -2.50. The van der Waals surface area contributed by atoms with Crippen LogP contribution in [0.5, 0.6) is 0 Å². The van der Waals surface area contributed by atoms with Crippen LogP contribution in [-0.2, 0) is 9.59 Å². The van der Waals surface area contributed by atoms with Crippen LogP contribution in [0.1, 0.15) is 36.5 Å². The van der Waals surface area contributed by atoms with Crippen LogP contribution in [0.2, 0.25) is 0 Å². The molecule has 9 nitrogen and oxygen atoms in total. The van der Waals surface area contributed by atoms with E-state index in [1.54, 1.807) is 20.9 Å². The first-order valence-electron chi connectivity index (χ1n) is 7.52. The molecule has 1 aliphatic heterocycles. The van der Waals surface area contributed by atoms with Gasteiger partial charge in [0, 0.05) is 26.1 Å². The van der Waals surface area contributed by atoms with Gasteiger partial charge in [0.15, 0.2) is 5.69 Å². The molecule has 0 spiro atoms. The van der Waals surface area contributed by atoms with E-state index in [4.69, 9.17) is 0 Å². The number of carbonyl (C=O) groups excluding carboxylic acids is 3. The summed E-state index contributed by atoms with van der Waals surface area (Å²) < 4.78 is 0. The Morgan fingerprint density at radius 3 is 2.65 bits per heavy atom. The van der Waals surface area contributed by atoms with E-state index in [0.717, 1.165) is 0 Å². The Balaban J connectivity index is 1.88. The number of aromatic nitrogens is 3. The predicted molar refractivity (Wildman–Crippen MR) is 81.4 cm³/mol. The van der Waals surface area contributed by atoms with Crippen molar-refractivity contribution in [3.8, 4) is 0 Å². The maximum atomic E-state index is 12.2. The van der Waals surface area contributed by atoms with Gasteiger partial charge in [-0.2, -0.15) is 15.4 Å². The third-order valence-corrected chi connectivity index (χ3v) is 3.88. The van der Waals surface area contributed by atoms with Crippen molar-refractivity contribution in [1.82, 2.24) is 30.9 Å². The Labute approximate surface area is 134 Å². The summed E-state index contributed by atoms with van der Waals surface area (Å²) in [5.41, 5.74) is 0.795. The van der Waals surface area contributed by atoms with Crippen LogP contribution in [0.15, 0.2) is 0 Å². The Morgan fingerprint density at radius 1 is 1.43 bits per heavy atom. The Hall–Kier alpha value is -2.45. The van der Waals surface area contributed by atoms with E-state index in [1.165, 1.54) is 4.90 Å². The molecule has 1 aliphatic rings. The number of hydrogen-bond donors (Lipinski definition) is 3. The molecule has 0 saturated carbocycles. The average molecular weight is 322 g/mol. The topological polar surface area (TPSA) is 120 Å². The number of carbonyl (C=O) groups is 3. The molecular weight excluding hydrogens is 300 g/mol. The third-order valence-electron chi connectivity index (χ3n) is 3.88. The summed E-state index contributed by atoms with van der Waals surface area (Å²) >= 11 is 0. The lowest BCUT2D eigenvalue weighted by Gasteiger charge is -2.24. The summed E-state index contributed by atoms with van der Waals surface area (Å²) in [4.78, 5) is 37.2. The summed E-state index contributed by atoms with van der Waals surface area (Å²) in [6.07, 6.45) is 0.357. The summed E-state index contributed by atoms with van der Waals surface area (Å²) in [7, 11) is 1.64. The first kappa shape index (κ1) is 16.9. The van der Waals surface area contributed by atoms with Crippen molar-refractivity contribution in [3.05, 3.63) is 11.4 Å². The second-order valence-electron chi connectivity index (χ2n) is 6.08. The fourth-order valence-corrected chi connectivity index (χ4v) is 2.65. The number of hydrogen-bond acceptors (Lipinski definition) is 5. The van der Waals surface area contributed by atoms with Crippen molar-refractivity contribution in [2.45, 2.75) is 39.3 Å². The van der Waals surface area contributed by atoms with Crippen molar-refractivity contribution in [2.75, 3.05) is 13.6 Å². The molecule has 9 heteroatoms. The Morgan fingerprint density at radius 2 is 2.13 bits per heavy atom. The van der Waals surface area contributed by atoms with Gasteiger partial charge in [-0.1, -0.05) is 6.92 Å². The molecule has 1 saturated heterocycles. The molecular formula is C14H22N6O3. The molecule has 23 heavy (non-hydrogen) atoms. The third kappa shape index (κ3) is 3.85. The van der Waals surface area contributed by atoms with Crippen molar-refractivity contribution >= 4 is 17.7 Å². The lowest BCUT2D eigenvalue weighted by atomic mass is 10.0. The van der Waals surface area contributed by atoms with Crippen LogP contribution in [0, 0.1) is 12.8 Å². The molecule has 3 atom stereocenters. The molecule has 3 amide bonds. The van der Waals surface area contributed by atoms with E-state index >= 15 is 0 Å². The normalized spacial score (nSPS) is 21.7. The highest BCUT2D eigenvalue weighted by molar-refractivity contribution is 5.93. The van der Waals surface area contributed by atoms with Gasteiger partial charge >= 0.3 is 0 Å². The molecule has 1 fully saturated rings. The lowest BCUT2D eigenvalue weighted by molar-refractivity contribution is -0.126. The number of H-pyrrole nitrogens is 1. The molecule has 2 rings (SSSR count). The average Bonchev–Trinajstić information content (AvgIpc) is 3.03. The predicted octanol–water partition coefficient (Wildman–Crippen LogP) is -0.786. The minimum absolute atomic E-state index is 0.0353. The number of aromatic amines is 1. The fraction of sp³-hybridized carbons (Fsp3) is 0.643. The van der Waals surface area contributed by atoms with Gasteiger partial charge < -0.3 is 15.5 Å². The number of rotatable bonds is 5. The van der Waals surface area contributed by atoms with Gasteiger partial charge in [0.2, 0.25) is 11.8 Å². The summed E-state index contributed by atoms with van der Waals surface area (Å²) in [6, 6.07) is -0.767. The van der Waals surface area contributed by atoms with Crippen LogP contribution in [-0.4, -0.2) is 63.7 Å². The van der Waals surface area contributed by atoms with Gasteiger partial charge in [-0.05, 0) is 19.8 Å². The van der Waals surface area contributed by atoms with Crippen molar-refractivity contribution in [3.63, 3.8) is 0 Å². The van der Waals surface area contributed by atoms with E-state index in [2.05, 4.69) is 26.0 Å². The molecule has 0 bridgehead atoms. The quantitative estimate of drug-likeness (QED) is 0.656. The first-order chi connectivity index (χ1) is 10.8. The number of aryl methyl sites for hydroxylation is 1. The largest absolute Gasteiger partial charge is 0.350 e. The minimum atomic E-state index is -0.510. The smallest absolute Gasteiger partial charge is 0.276 e. The highest BCUT2D eigenvalue weighted by atomic mass is 16.2. The summed E-state index contributed by atoms with van der Waals surface area (Å²) in [6.45, 7) is 5.68. The molecule has 0 aromatic carbocycles. The Kier molecular flexibility index (Phi) is 4.97. The molecule has 126 valence electrons. The van der Waals surface area contributed by atoms with Crippen molar-refractivity contribution in [1.29, 1.82) is 0 Å². The number of nitrogens with one attached hydrogen (secondary N) is 3. The maximum Gasteiger partial charge on any atom is 0.276 e. The molecule has 0 radical (unpaired) electrons. The number of nitrogens with zero attached hydrogens (tertiary/aromatic N) is 3. The van der Waals surface area contributed by atoms with Crippen LogP contribution in [0.3, 0.4) is 0 Å². The minimum Gasteiger partial charge on any atom is -0.350 e. The number of likely N-dealkylation sites (N-methyl/N-ethyl adjacent to an activating group) is 1. The van der Waals surface area contributed by atoms with Crippen LogP contribution >= 0.6 is 0 Å². The van der Waals surface area contributed by atoms with Gasteiger partial charge in [-0.25, -0.2) is 0 Å². The van der Waals surface area contributed by atoms with E-state index in [0.29, 0.717) is 18.7 Å². The summed E-state index contributed by atoms with van der Waals surface area (Å²) in [5, 5.41) is 15.5. The monoisotopic (exact) mass is 322 g/mol. The van der Waals surface area contributed by atoms with Gasteiger partial charge in [-0.3, -0.25) is 14.4 Å². The van der Waals surface area contributed by atoms with E-state index in [1.807, 2.05) is 6.92 Å². The summed E-state index contributed by atoms with van der Waals surface area (Å²) in [5.74, 6) is -0.639. The molecule has 0 aliphatic carbocycles. The van der Waals surface area contributed by atoms with Crippen LogP contribution in [0.25, 0.3) is 0 Å². The molecule has 1 aromatic heterocycles. The zero-order valence-corrected chi connectivity index (χ0v) is 13.7. The van der Waals surface area contributed by atoms with Gasteiger partial charge in [0.05, 0.1) is 5.69 Å². The van der Waals surface area contributed by atoms with Crippen LogP contribution < -0.4 is 10.6 Å². The molecule has 1 aromatic rings. The van der Waals surface area contributed by atoms with Gasteiger partial charge in [-0.15, -0.1) is 0 Å². The Bertz CT molecular complexity index is 613. The SMILES string of the molecule is Cc1n[nH]nc1C(=O)N(C)CC(C)NC(=O)C1NC(=O)CC1C. The second-order valence-corrected chi connectivity index (χ2v) is 6.08. The highest BCUT2D eigenvalue weighted by Gasteiger charge is 2.34. The van der Waals surface area contributed by atoms with Crippen LogP contribution in [0.4, 0.5) is 0 Å². The molecule has 2 heterocycles.